The predicted octanol–water partition coefficient (Wildman–Crippen LogP) is 3.45. The molecule has 0 saturated carbocycles. The van der Waals surface area contributed by atoms with Crippen LogP contribution in [0.4, 0.5) is 11.4 Å². The smallest absolute Gasteiger partial charge is 0.250 e. The van der Waals surface area contributed by atoms with Crippen molar-refractivity contribution in [3.63, 3.8) is 0 Å². The van der Waals surface area contributed by atoms with Gasteiger partial charge in [-0.15, -0.1) is 10.2 Å². The Hall–Kier alpha value is -4.80. The Balaban J connectivity index is 1.38. The number of benzene rings is 2. The van der Waals surface area contributed by atoms with Crippen molar-refractivity contribution in [1.82, 2.24) is 20.0 Å². The lowest BCUT2D eigenvalue weighted by atomic mass is 9.97. The van der Waals surface area contributed by atoms with Crippen LogP contribution in [0.25, 0.3) is 34.1 Å². The Kier molecular flexibility index (Phi) is 7.22. The number of anilines is 2. The molecule has 202 valence electrons. The fourth-order valence-corrected chi connectivity index (χ4v) is 5.02. The molecule has 8 N–H and O–H groups in total. The minimum absolute atomic E-state index is 0.104. The number of hydrogen-bond donors (Lipinski definition) is 6. The lowest BCUT2D eigenvalue weighted by Crippen LogP contribution is -2.39. The molecule has 0 radical (unpaired) electrons. The van der Waals surface area contributed by atoms with Crippen LogP contribution in [0.3, 0.4) is 0 Å². The van der Waals surface area contributed by atoms with Gasteiger partial charge in [-0.25, -0.2) is 0 Å². The van der Waals surface area contributed by atoms with Crippen LogP contribution >= 0.6 is 0 Å². The molecule has 0 bridgehead atoms. The molecule has 11 nitrogen and oxygen atoms in total. The fraction of sp³-hybridized carbons (Fsp3) is 0.286. The van der Waals surface area contributed by atoms with Gasteiger partial charge in [0.1, 0.15) is 0 Å². The molecule has 0 amide bonds. The zero-order valence-electron chi connectivity index (χ0n) is 22.2. The van der Waals surface area contributed by atoms with E-state index in [0.29, 0.717) is 24.9 Å². The van der Waals surface area contributed by atoms with Gasteiger partial charge in [0.2, 0.25) is 11.8 Å². The molecule has 0 saturated heterocycles. The maximum absolute atomic E-state index is 7.64. The van der Waals surface area contributed by atoms with Gasteiger partial charge in [0, 0.05) is 51.6 Å². The quantitative estimate of drug-likeness (QED) is 0.208. The molecule has 0 fully saturated rings. The average Bonchev–Trinajstić information content (AvgIpc) is 3.46. The number of nitrogens with one attached hydrogen (secondary N) is 4. The van der Waals surface area contributed by atoms with Crippen LogP contribution in [0.1, 0.15) is 24.0 Å². The van der Waals surface area contributed by atoms with Gasteiger partial charge in [-0.1, -0.05) is 24.3 Å². The van der Waals surface area contributed by atoms with E-state index in [-0.39, 0.29) is 11.9 Å². The van der Waals surface area contributed by atoms with Gasteiger partial charge in [0.05, 0.1) is 11.1 Å². The SMILES string of the molecule is CNc1cc(C2=CCN(C(=N)N)CC2)ccc1-c1nnc(-c2ccc(C3=CCN(C(=N)N)CC3)cc2NC)o1. The summed E-state index contributed by atoms with van der Waals surface area (Å²) in [6.07, 6.45) is 5.88. The van der Waals surface area contributed by atoms with Crippen molar-refractivity contribution in [2.45, 2.75) is 12.8 Å². The molecule has 0 spiro atoms. The molecule has 2 aromatic carbocycles. The first-order valence-corrected chi connectivity index (χ1v) is 12.9. The normalized spacial score (nSPS) is 15.4. The number of rotatable bonds is 6. The lowest BCUT2D eigenvalue weighted by Gasteiger charge is -2.26. The van der Waals surface area contributed by atoms with E-state index < -0.39 is 0 Å². The molecule has 39 heavy (non-hydrogen) atoms. The second-order valence-corrected chi connectivity index (χ2v) is 9.55. The van der Waals surface area contributed by atoms with Crippen LogP contribution in [0.15, 0.2) is 53.0 Å². The second-order valence-electron chi connectivity index (χ2n) is 9.55. The van der Waals surface area contributed by atoms with Gasteiger partial charge < -0.3 is 36.3 Å². The highest BCUT2D eigenvalue weighted by molar-refractivity contribution is 5.83. The first-order chi connectivity index (χ1) is 18.9. The Morgan fingerprint density at radius 3 is 1.54 bits per heavy atom. The molecule has 2 aliphatic rings. The number of hydrogen-bond acceptors (Lipinski definition) is 7. The first-order valence-electron chi connectivity index (χ1n) is 12.9. The molecule has 0 unspecified atom stereocenters. The summed E-state index contributed by atoms with van der Waals surface area (Å²) >= 11 is 0. The largest absolute Gasteiger partial charge is 0.416 e. The van der Waals surface area contributed by atoms with Gasteiger partial charge in [0.25, 0.3) is 0 Å². The molecular weight excluding hydrogens is 492 g/mol. The average molecular weight is 527 g/mol. The summed E-state index contributed by atoms with van der Waals surface area (Å²) in [4.78, 5) is 3.69. The Labute approximate surface area is 227 Å². The van der Waals surface area contributed by atoms with Crippen LogP contribution in [0.2, 0.25) is 0 Å². The standard InChI is InChI=1S/C28H34N10O/c1-33-23-15-19(17-7-11-37(12-8-17)27(29)30)3-5-21(23)25-35-36-26(39-25)22-6-4-20(16-24(22)34-2)18-9-13-38(14-10-18)28(31)32/h3-7,9,15-16,33-34H,8,10-14H2,1-2H3,(H3,29,30)(H3,31,32). The van der Waals surface area contributed by atoms with E-state index in [9.17, 15) is 0 Å². The third-order valence-electron chi connectivity index (χ3n) is 7.30. The predicted molar refractivity (Wildman–Crippen MR) is 156 cm³/mol. The van der Waals surface area contributed by atoms with Gasteiger partial charge in [-0.2, -0.15) is 0 Å². The highest BCUT2D eigenvalue weighted by atomic mass is 16.4. The number of aromatic nitrogens is 2. The van der Waals surface area contributed by atoms with Crippen molar-refractivity contribution in [1.29, 1.82) is 10.8 Å². The van der Waals surface area contributed by atoms with E-state index in [1.807, 2.05) is 36.0 Å². The summed E-state index contributed by atoms with van der Waals surface area (Å²) < 4.78 is 6.17. The van der Waals surface area contributed by atoms with Crippen molar-refractivity contribution in [3.05, 3.63) is 59.7 Å². The van der Waals surface area contributed by atoms with Gasteiger partial charge >= 0.3 is 0 Å². The molecule has 3 aromatic rings. The maximum atomic E-state index is 7.64. The number of nitrogens with zero attached hydrogens (tertiary/aromatic N) is 4. The van der Waals surface area contributed by atoms with E-state index in [0.717, 1.165) is 59.6 Å². The Morgan fingerprint density at radius 1 is 0.769 bits per heavy atom. The van der Waals surface area contributed by atoms with Crippen LogP contribution in [0, 0.1) is 10.8 Å². The minimum atomic E-state index is 0.104. The zero-order chi connectivity index (χ0) is 27.5. The Bertz CT molecular complexity index is 1360. The molecule has 0 atom stereocenters. The summed E-state index contributed by atoms with van der Waals surface area (Å²) in [6, 6.07) is 12.3. The van der Waals surface area contributed by atoms with E-state index >= 15 is 0 Å². The van der Waals surface area contributed by atoms with Crippen molar-refractivity contribution >= 4 is 34.4 Å². The summed E-state index contributed by atoms with van der Waals surface area (Å²) in [7, 11) is 3.75. The van der Waals surface area contributed by atoms with Crippen molar-refractivity contribution in [3.8, 4) is 22.9 Å². The zero-order valence-corrected chi connectivity index (χ0v) is 22.2. The second kappa shape index (κ2) is 10.9. The third-order valence-corrected chi connectivity index (χ3v) is 7.30. The highest BCUT2D eigenvalue weighted by Crippen LogP contribution is 2.36. The molecule has 5 rings (SSSR count). The molecule has 0 aliphatic carbocycles. The minimum Gasteiger partial charge on any atom is -0.416 e. The maximum Gasteiger partial charge on any atom is 0.250 e. The van der Waals surface area contributed by atoms with E-state index in [2.05, 4.69) is 57.2 Å². The summed E-state index contributed by atoms with van der Waals surface area (Å²) in [5.41, 5.74) is 19.4. The molecule has 11 heteroatoms. The number of nitrogens with two attached hydrogens (primary N) is 2. The van der Waals surface area contributed by atoms with Gasteiger partial charge in [-0.05, 0) is 59.4 Å². The Morgan fingerprint density at radius 2 is 1.21 bits per heavy atom. The summed E-state index contributed by atoms with van der Waals surface area (Å²) in [5, 5.41) is 30.5. The molecule has 2 aliphatic heterocycles. The third kappa shape index (κ3) is 5.28. The van der Waals surface area contributed by atoms with Gasteiger partial charge in [-0.3, -0.25) is 10.8 Å². The van der Waals surface area contributed by atoms with E-state index in [4.69, 9.17) is 26.7 Å². The molecule has 3 heterocycles. The summed E-state index contributed by atoms with van der Waals surface area (Å²) in [6.45, 7) is 2.72. The lowest BCUT2D eigenvalue weighted by molar-refractivity contribution is 0.451. The topological polar surface area (TPSA) is 169 Å². The molecular formula is C28H34N10O. The number of guanidine groups is 2. The van der Waals surface area contributed by atoms with Crippen LogP contribution in [-0.4, -0.2) is 72.2 Å². The van der Waals surface area contributed by atoms with Gasteiger partial charge in [0.15, 0.2) is 11.9 Å². The van der Waals surface area contributed by atoms with Crippen LogP contribution in [0.5, 0.6) is 0 Å². The molecule has 1 aromatic heterocycles. The van der Waals surface area contributed by atoms with Crippen molar-refractivity contribution in [2.24, 2.45) is 11.5 Å². The first kappa shape index (κ1) is 25.8. The van der Waals surface area contributed by atoms with Crippen LogP contribution < -0.4 is 22.1 Å². The van der Waals surface area contributed by atoms with Crippen molar-refractivity contribution < 1.29 is 4.42 Å². The summed E-state index contributed by atoms with van der Waals surface area (Å²) in [5.74, 6) is 1.08. The highest BCUT2D eigenvalue weighted by Gasteiger charge is 2.20. The van der Waals surface area contributed by atoms with Crippen LogP contribution in [-0.2, 0) is 0 Å². The monoisotopic (exact) mass is 526 g/mol. The fourth-order valence-electron chi connectivity index (χ4n) is 5.02. The van der Waals surface area contributed by atoms with E-state index in [1.54, 1.807) is 0 Å². The van der Waals surface area contributed by atoms with Crippen molar-refractivity contribution in [2.75, 3.05) is 50.9 Å². The van der Waals surface area contributed by atoms with E-state index in [1.165, 1.54) is 11.1 Å².